The molecule has 0 aromatic heterocycles. The van der Waals surface area contributed by atoms with Crippen molar-refractivity contribution in [3.63, 3.8) is 0 Å². The molecule has 1 aromatic carbocycles. The van der Waals surface area contributed by atoms with Gasteiger partial charge in [-0.05, 0) is 12.1 Å². The van der Waals surface area contributed by atoms with E-state index in [9.17, 15) is 0 Å². The Morgan fingerprint density at radius 3 is 2.14 bits per heavy atom. The van der Waals surface area contributed by atoms with Gasteiger partial charge < -0.3 is 11.5 Å². The Balaban J connectivity index is 0.00000169. The lowest BCUT2D eigenvalue weighted by molar-refractivity contribution is 1.04. The lowest BCUT2D eigenvalue weighted by atomic mass is 10.2. The van der Waals surface area contributed by atoms with Crippen molar-refractivity contribution in [1.29, 1.82) is 0 Å². The number of nitrogens with two attached hydrogens (primary N) is 2. The number of benzene rings is 1. The van der Waals surface area contributed by atoms with Crippen molar-refractivity contribution in [3.05, 3.63) is 32.7 Å². The van der Waals surface area contributed by atoms with E-state index in [2.05, 4.69) is 36.9 Å². The molecular formula is C8H10Br2ClN3. The third-order valence-corrected chi connectivity index (χ3v) is 2.97. The van der Waals surface area contributed by atoms with Gasteiger partial charge in [0.2, 0.25) is 0 Å². The van der Waals surface area contributed by atoms with Gasteiger partial charge in [-0.15, -0.1) is 12.4 Å². The summed E-state index contributed by atoms with van der Waals surface area (Å²) in [6.45, 7) is 0.477. The Morgan fingerprint density at radius 1 is 1.21 bits per heavy atom. The number of hydrogen-bond acceptors (Lipinski definition) is 1. The topological polar surface area (TPSA) is 64.4 Å². The monoisotopic (exact) mass is 341 g/mol. The van der Waals surface area contributed by atoms with Gasteiger partial charge in [-0.25, -0.2) is 4.99 Å². The molecule has 1 rings (SSSR count). The second-order valence-corrected chi connectivity index (χ2v) is 4.15. The average Bonchev–Trinajstić information content (AvgIpc) is 2.03. The Labute approximate surface area is 106 Å². The van der Waals surface area contributed by atoms with Crippen molar-refractivity contribution in [2.75, 3.05) is 0 Å². The molecule has 0 unspecified atom stereocenters. The molecule has 78 valence electrons. The molecule has 0 aliphatic heterocycles. The normalized spacial score (nSPS) is 9.00. The molecule has 0 spiro atoms. The smallest absolute Gasteiger partial charge is 0.186 e. The molecule has 1 aromatic rings. The summed E-state index contributed by atoms with van der Waals surface area (Å²) in [5.74, 6) is 0.0997. The van der Waals surface area contributed by atoms with Gasteiger partial charge in [0.15, 0.2) is 5.96 Å². The summed E-state index contributed by atoms with van der Waals surface area (Å²) in [7, 11) is 0. The van der Waals surface area contributed by atoms with Gasteiger partial charge in [-0.1, -0.05) is 37.9 Å². The van der Waals surface area contributed by atoms with Gasteiger partial charge in [-0.2, -0.15) is 0 Å². The van der Waals surface area contributed by atoms with Gasteiger partial charge in [0.25, 0.3) is 0 Å². The first-order valence-electron chi connectivity index (χ1n) is 3.59. The molecule has 0 bridgehead atoms. The Bertz CT molecular complexity index is 317. The Hall–Kier alpha value is -0.260. The van der Waals surface area contributed by atoms with E-state index in [0.717, 1.165) is 14.5 Å². The lowest BCUT2D eigenvalue weighted by Gasteiger charge is -2.03. The Kier molecular flexibility index (Phi) is 6.15. The maximum Gasteiger partial charge on any atom is 0.186 e. The molecule has 0 heterocycles. The minimum Gasteiger partial charge on any atom is -0.370 e. The van der Waals surface area contributed by atoms with Crippen LogP contribution in [0.4, 0.5) is 0 Å². The van der Waals surface area contributed by atoms with Crippen LogP contribution in [0, 0.1) is 0 Å². The van der Waals surface area contributed by atoms with Crippen LogP contribution in [0.25, 0.3) is 0 Å². The number of halogens is 3. The molecule has 14 heavy (non-hydrogen) atoms. The fraction of sp³-hybridized carbons (Fsp3) is 0.125. The van der Waals surface area contributed by atoms with Crippen molar-refractivity contribution < 1.29 is 0 Å². The molecule has 0 saturated heterocycles. The molecule has 6 heteroatoms. The van der Waals surface area contributed by atoms with Crippen LogP contribution >= 0.6 is 44.3 Å². The van der Waals surface area contributed by atoms with Crippen molar-refractivity contribution in [2.45, 2.75) is 6.54 Å². The molecule has 3 nitrogen and oxygen atoms in total. The lowest BCUT2D eigenvalue weighted by Crippen LogP contribution is -2.22. The molecule has 0 atom stereocenters. The average molecular weight is 343 g/mol. The minimum absolute atomic E-state index is 0. The summed E-state index contributed by atoms with van der Waals surface area (Å²) < 4.78 is 1.98. The van der Waals surface area contributed by atoms with Crippen LogP contribution in [0.15, 0.2) is 32.1 Å². The van der Waals surface area contributed by atoms with Crippen LogP contribution in [0.2, 0.25) is 0 Å². The van der Waals surface area contributed by atoms with Crippen molar-refractivity contribution in [2.24, 2.45) is 16.5 Å². The third-order valence-electron chi connectivity index (χ3n) is 1.48. The number of hydrogen-bond donors (Lipinski definition) is 2. The van der Waals surface area contributed by atoms with Crippen LogP contribution < -0.4 is 11.5 Å². The maximum atomic E-state index is 5.24. The standard InChI is InChI=1S/C8H9Br2N3.ClH/c9-6-2-1-3-7(10)5(6)4-13-8(11)12;/h1-3H,4H2,(H4,11,12,13);1H. The van der Waals surface area contributed by atoms with E-state index in [1.165, 1.54) is 0 Å². The van der Waals surface area contributed by atoms with E-state index < -0.39 is 0 Å². The number of nitrogens with zero attached hydrogens (tertiary/aromatic N) is 1. The summed E-state index contributed by atoms with van der Waals surface area (Å²) in [6.07, 6.45) is 0. The summed E-state index contributed by atoms with van der Waals surface area (Å²) in [6, 6.07) is 5.83. The van der Waals surface area contributed by atoms with E-state index in [1.54, 1.807) is 0 Å². The van der Waals surface area contributed by atoms with Crippen molar-refractivity contribution in [1.82, 2.24) is 0 Å². The highest BCUT2D eigenvalue weighted by Gasteiger charge is 2.02. The first-order valence-corrected chi connectivity index (χ1v) is 5.18. The van der Waals surface area contributed by atoms with Gasteiger partial charge >= 0.3 is 0 Å². The van der Waals surface area contributed by atoms with Crippen LogP contribution in [0.5, 0.6) is 0 Å². The first-order chi connectivity index (χ1) is 6.11. The van der Waals surface area contributed by atoms with Crippen LogP contribution in [0.3, 0.4) is 0 Å². The SMILES string of the molecule is Cl.NC(N)=NCc1c(Br)cccc1Br. The zero-order valence-electron chi connectivity index (χ0n) is 7.21. The molecular weight excluding hydrogens is 333 g/mol. The molecule has 0 aliphatic rings. The van der Waals surface area contributed by atoms with Crippen molar-refractivity contribution in [3.8, 4) is 0 Å². The van der Waals surface area contributed by atoms with Crippen LogP contribution in [0.1, 0.15) is 5.56 Å². The van der Waals surface area contributed by atoms with Gasteiger partial charge in [-0.3, -0.25) is 0 Å². The first kappa shape index (κ1) is 13.7. The van der Waals surface area contributed by atoms with Gasteiger partial charge in [0, 0.05) is 14.5 Å². The Morgan fingerprint density at radius 2 is 1.71 bits per heavy atom. The van der Waals surface area contributed by atoms with E-state index in [-0.39, 0.29) is 18.4 Å². The highest BCUT2D eigenvalue weighted by atomic mass is 79.9. The second-order valence-electron chi connectivity index (χ2n) is 2.44. The number of aliphatic imine (C=N–C) groups is 1. The molecule has 4 N–H and O–H groups in total. The maximum absolute atomic E-state index is 5.24. The summed E-state index contributed by atoms with van der Waals surface area (Å²) in [5.41, 5.74) is 11.5. The highest BCUT2D eigenvalue weighted by Crippen LogP contribution is 2.25. The third kappa shape index (κ3) is 3.86. The summed E-state index contributed by atoms with van der Waals surface area (Å²) in [4.78, 5) is 3.93. The molecule has 0 fully saturated rings. The van der Waals surface area contributed by atoms with E-state index in [0.29, 0.717) is 6.54 Å². The number of guanidine groups is 1. The highest BCUT2D eigenvalue weighted by molar-refractivity contribution is 9.11. The fourth-order valence-corrected chi connectivity index (χ4v) is 2.10. The van der Waals surface area contributed by atoms with Gasteiger partial charge in [0.1, 0.15) is 0 Å². The summed E-state index contributed by atoms with van der Waals surface area (Å²) in [5, 5.41) is 0. The second kappa shape index (κ2) is 6.27. The van der Waals surface area contributed by atoms with Crippen LogP contribution in [-0.4, -0.2) is 5.96 Å². The molecule has 0 radical (unpaired) electrons. The fourth-order valence-electron chi connectivity index (χ4n) is 0.854. The zero-order chi connectivity index (χ0) is 9.84. The summed E-state index contributed by atoms with van der Waals surface area (Å²) >= 11 is 6.83. The quantitative estimate of drug-likeness (QED) is 0.640. The van der Waals surface area contributed by atoms with E-state index in [4.69, 9.17) is 11.5 Å². The molecule has 0 amide bonds. The van der Waals surface area contributed by atoms with Gasteiger partial charge in [0.05, 0.1) is 6.54 Å². The van der Waals surface area contributed by atoms with Crippen LogP contribution in [-0.2, 0) is 6.54 Å². The van der Waals surface area contributed by atoms with E-state index in [1.807, 2.05) is 18.2 Å². The predicted molar refractivity (Wildman–Crippen MR) is 68.6 cm³/mol. The largest absolute Gasteiger partial charge is 0.370 e. The number of rotatable bonds is 2. The predicted octanol–water partition coefficient (Wildman–Crippen LogP) is 2.41. The van der Waals surface area contributed by atoms with E-state index >= 15 is 0 Å². The molecule has 0 saturated carbocycles. The molecule has 0 aliphatic carbocycles. The zero-order valence-corrected chi connectivity index (χ0v) is 11.2. The minimum atomic E-state index is 0. The van der Waals surface area contributed by atoms with Crippen molar-refractivity contribution >= 4 is 50.2 Å².